The molecule has 3 atom stereocenters. The van der Waals surface area contributed by atoms with E-state index < -0.39 is 17.5 Å². The van der Waals surface area contributed by atoms with E-state index in [0.717, 1.165) is 36.8 Å². The molecule has 0 saturated heterocycles. The molecule has 2 aromatic rings. The molecule has 0 aliphatic heterocycles. The number of rotatable bonds is 8. The Morgan fingerprint density at radius 2 is 1.63 bits per heavy atom. The number of carbonyl (C=O) groups excluding carboxylic acids is 2. The first-order chi connectivity index (χ1) is 16.9. The van der Waals surface area contributed by atoms with Gasteiger partial charge in [-0.05, 0) is 59.3 Å². The molecular weight excluding hydrogens is 444 g/mol. The van der Waals surface area contributed by atoms with Crippen LogP contribution in [-0.4, -0.2) is 42.8 Å². The van der Waals surface area contributed by atoms with Crippen LogP contribution in [0.3, 0.4) is 0 Å². The summed E-state index contributed by atoms with van der Waals surface area (Å²) in [6.45, 7) is 0.879. The molecule has 0 bridgehead atoms. The first-order valence-electron chi connectivity index (χ1n) is 12.5. The number of amides is 2. The average Bonchev–Trinajstić information content (AvgIpc) is 3.74. The van der Waals surface area contributed by atoms with Gasteiger partial charge in [0.25, 0.3) is 0 Å². The quantitative estimate of drug-likeness (QED) is 0.538. The van der Waals surface area contributed by atoms with E-state index in [2.05, 4.69) is 34.9 Å². The zero-order valence-electron chi connectivity index (χ0n) is 19.6. The van der Waals surface area contributed by atoms with Crippen LogP contribution in [0.25, 0.3) is 11.1 Å². The molecule has 4 aliphatic rings. The van der Waals surface area contributed by atoms with Crippen molar-refractivity contribution in [1.82, 2.24) is 10.6 Å². The Balaban J connectivity index is 1.06. The van der Waals surface area contributed by atoms with Crippen molar-refractivity contribution in [1.29, 1.82) is 0 Å². The van der Waals surface area contributed by atoms with E-state index in [1.807, 2.05) is 24.3 Å². The van der Waals surface area contributed by atoms with Gasteiger partial charge in [0.05, 0.1) is 11.3 Å². The van der Waals surface area contributed by atoms with Crippen molar-refractivity contribution in [3.63, 3.8) is 0 Å². The van der Waals surface area contributed by atoms with Gasteiger partial charge in [-0.25, -0.2) is 4.79 Å². The molecule has 7 heteroatoms. The fraction of sp³-hybridized carbons (Fsp3) is 0.464. The predicted octanol–water partition coefficient (Wildman–Crippen LogP) is 3.92. The molecule has 0 radical (unpaired) electrons. The normalized spacial score (nSPS) is 26.7. The van der Waals surface area contributed by atoms with Gasteiger partial charge in [-0.15, -0.1) is 0 Å². The number of nitrogens with one attached hydrogen (secondary N) is 2. The monoisotopic (exact) mass is 474 g/mol. The second-order valence-corrected chi connectivity index (χ2v) is 10.7. The molecule has 0 heterocycles. The minimum atomic E-state index is -0.794. The average molecular weight is 475 g/mol. The topological polar surface area (TPSA) is 105 Å². The Bertz CT molecular complexity index is 1160. The van der Waals surface area contributed by atoms with Gasteiger partial charge in [0.1, 0.15) is 6.61 Å². The fourth-order valence-electron chi connectivity index (χ4n) is 6.48. The van der Waals surface area contributed by atoms with Crippen LogP contribution in [0.1, 0.15) is 49.1 Å². The predicted molar refractivity (Wildman–Crippen MR) is 129 cm³/mol. The van der Waals surface area contributed by atoms with E-state index in [1.165, 1.54) is 11.1 Å². The second kappa shape index (κ2) is 8.11. The van der Waals surface area contributed by atoms with Crippen LogP contribution in [-0.2, 0) is 14.3 Å². The van der Waals surface area contributed by atoms with Crippen LogP contribution in [0.2, 0.25) is 0 Å². The molecular formula is C28H30N2O5. The molecule has 1 unspecified atom stereocenters. The summed E-state index contributed by atoms with van der Waals surface area (Å²) in [5, 5.41) is 15.0. The minimum Gasteiger partial charge on any atom is -0.481 e. The number of carboxylic acids is 1. The number of ether oxygens (including phenoxy) is 1. The summed E-state index contributed by atoms with van der Waals surface area (Å²) < 4.78 is 5.66. The van der Waals surface area contributed by atoms with Crippen molar-refractivity contribution in [3.05, 3.63) is 59.7 Å². The molecule has 4 aliphatic carbocycles. The third-order valence-electron chi connectivity index (χ3n) is 8.92. The Kier molecular flexibility index (Phi) is 5.13. The summed E-state index contributed by atoms with van der Waals surface area (Å²) in [6, 6.07) is 16.4. The zero-order chi connectivity index (χ0) is 24.2. The maximum Gasteiger partial charge on any atom is 0.407 e. The largest absolute Gasteiger partial charge is 0.481 e. The number of alkyl carbamates (subject to hydrolysis) is 1. The Labute approximate surface area is 204 Å². The van der Waals surface area contributed by atoms with Gasteiger partial charge in [-0.2, -0.15) is 0 Å². The van der Waals surface area contributed by atoms with Gasteiger partial charge in [-0.1, -0.05) is 55.0 Å². The molecule has 3 N–H and O–H groups in total. The maximum absolute atomic E-state index is 13.1. The van der Waals surface area contributed by atoms with Gasteiger partial charge in [-0.3, -0.25) is 9.59 Å². The summed E-state index contributed by atoms with van der Waals surface area (Å²) in [5.41, 5.74) is 4.05. The van der Waals surface area contributed by atoms with Gasteiger partial charge < -0.3 is 20.5 Å². The zero-order valence-corrected chi connectivity index (χ0v) is 19.6. The Morgan fingerprint density at radius 3 is 2.17 bits per heavy atom. The van der Waals surface area contributed by atoms with E-state index in [0.29, 0.717) is 13.0 Å². The van der Waals surface area contributed by atoms with Crippen molar-refractivity contribution in [2.24, 2.45) is 22.7 Å². The van der Waals surface area contributed by atoms with E-state index >= 15 is 0 Å². The number of benzene rings is 2. The number of hydrogen-bond donors (Lipinski definition) is 3. The van der Waals surface area contributed by atoms with Crippen LogP contribution >= 0.6 is 0 Å². The SMILES string of the molecule is O=C(NCC1(C(=O)NC[C@@H]2C[C@@H]2C(=O)O)CC12CCC2)OCC1c2ccccc2-c2ccccc21. The molecule has 7 nitrogen and oxygen atoms in total. The van der Waals surface area contributed by atoms with Crippen molar-refractivity contribution in [3.8, 4) is 11.1 Å². The molecule has 2 amide bonds. The molecule has 3 saturated carbocycles. The highest BCUT2D eigenvalue weighted by Gasteiger charge is 2.73. The Morgan fingerprint density at radius 1 is 0.971 bits per heavy atom. The highest BCUT2D eigenvalue weighted by atomic mass is 16.5. The second-order valence-electron chi connectivity index (χ2n) is 10.7. The molecule has 1 spiro atoms. The van der Waals surface area contributed by atoms with Gasteiger partial charge in [0, 0.05) is 19.0 Å². The molecule has 2 aromatic carbocycles. The summed E-state index contributed by atoms with van der Waals surface area (Å²) >= 11 is 0. The number of fused-ring (bicyclic) bond motifs is 3. The molecule has 3 fully saturated rings. The van der Waals surface area contributed by atoms with Crippen molar-refractivity contribution in [2.45, 2.75) is 38.0 Å². The highest BCUT2D eigenvalue weighted by molar-refractivity contribution is 5.88. The fourth-order valence-corrected chi connectivity index (χ4v) is 6.48. The molecule has 0 aromatic heterocycles. The molecule has 182 valence electrons. The molecule has 35 heavy (non-hydrogen) atoms. The van der Waals surface area contributed by atoms with Crippen LogP contribution < -0.4 is 10.6 Å². The van der Waals surface area contributed by atoms with Crippen molar-refractivity contribution in [2.75, 3.05) is 19.7 Å². The van der Waals surface area contributed by atoms with E-state index in [4.69, 9.17) is 9.84 Å². The summed E-state index contributed by atoms with van der Waals surface area (Å²) in [4.78, 5) is 36.9. The third-order valence-corrected chi connectivity index (χ3v) is 8.92. The lowest BCUT2D eigenvalue weighted by Crippen LogP contribution is -2.45. The number of carbonyl (C=O) groups is 3. The van der Waals surface area contributed by atoms with Gasteiger partial charge in [0.15, 0.2) is 0 Å². The first kappa shape index (κ1) is 22.1. The Hall–Kier alpha value is -3.35. The van der Waals surface area contributed by atoms with Gasteiger partial charge in [0.2, 0.25) is 5.91 Å². The minimum absolute atomic E-state index is 0.00923. The molecule has 6 rings (SSSR count). The summed E-state index contributed by atoms with van der Waals surface area (Å²) in [6.07, 6.45) is 3.97. The maximum atomic E-state index is 13.1. The van der Waals surface area contributed by atoms with Gasteiger partial charge >= 0.3 is 12.1 Å². The lowest BCUT2D eigenvalue weighted by Gasteiger charge is -2.32. The van der Waals surface area contributed by atoms with E-state index in [1.54, 1.807) is 0 Å². The van der Waals surface area contributed by atoms with Crippen molar-refractivity contribution < 1.29 is 24.2 Å². The first-order valence-corrected chi connectivity index (χ1v) is 12.5. The highest BCUT2D eigenvalue weighted by Crippen LogP contribution is 2.73. The summed E-state index contributed by atoms with van der Waals surface area (Å²) in [7, 11) is 0. The van der Waals surface area contributed by atoms with E-state index in [9.17, 15) is 14.4 Å². The van der Waals surface area contributed by atoms with Crippen LogP contribution in [0, 0.1) is 22.7 Å². The van der Waals surface area contributed by atoms with E-state index in [-0.39, 0.29) is 42.2 Å². The van der Waals surface area contributed by atoms with Crippen LogP contribution in [0.15, 0.2) is 48.5 Å². The smallest absolute Gasteiger partial charge is 0.407 e. The van der Waals surface area contributed by atoms with Crippen LogP contribution in [0.5, 0.6) is 0 Å². The summed E-state index contributed by atoms with van der Waals surface area (Å²) in [5.74, 6) is -1.20. The van der Waals surface area contributed by atoms with Crippen molar-refractivity contribution >= 4 is 18.0 Å². The standard InChI is InChI=1S/C28H30N2O5/c31-24(32)22-12-17(22)13-29-25(33)28(15-27(28)10-5-11-27)16-30-26(34)35-14-23-20-8-3-1-6-18(20)19-7-2-4-9-21(19)23/h1-4,6-9,17,22-23H,5,10-16H2,(H,29,33)(H,30,34)(H,31,32)/t17-,22-,28?/m0/s1. The van der Waals surface area contributed by atoms with Crippen LogP contribution in [0.4, 0.5) is 4.79 Å². The third kappa shape index (κ3) is 3.60. The number of carboxylic acid groups (broad SMARTS) is 1. The lowest BCUT2D eigenvalue weighted by atomic mass is 9.74. The number of hydrogen-bond acceptors (Lipinski definition) is 4. The lowest BCUT2D eigenvalue weighted by molar-refractivity contribution is -0.139. The number of aliphatic carboxylic acids is 1.